The van der Waals surface area contributed by atoms with Gasteiger partial charge in [0.05, 0.1) is 11.5 Å². The average molecular weight is 325 g/mol. The monoisotopic (exact) mass is 325 g/mol. The zero-order chi connectivity index (χ0) is 15.3. The van der Waals surface area contributed by atoms with Gasteiger partial charge in [0.2, 0.25) is 9.84 Å². The van der Waals surface area contributed by atoms with Gasteiger partial charge in [0.1, 0.15) is 0 Å². The van der Waals surface area contributed by atoms with Gasteiger partial charge in [0.25, 0.3) is 0 Å². The highest BCUT2D eigenvalue weighted by Crippen LogP contribution is 2.21. The predicted molar refractivity (Wildman–Crippen MR) is 77.1 cm³/mol. The lowest BCUT2D eigenvalue weighted by Gasteiger charge is -2.22. The summed E-state index contributed by atoms with van der Waals surface area (Å²) in [6.07, 6.45) is 1.87. The average Bonchev–Trinajstić information content (AvgIpc) is 2.40. The third-order valence-electron chi connectivity index (χ3n) is 2.85. The number of halogens is 2. The minimum Gasteiger partial charge on any atom is -0.395 e. The Labute approximate surface area is 121 Å². The molecular weight excluding hydrogens is 308 g/mol. The molecule has 0 aliphatic rings. The molecule has 0 amide bonds. The number of benzene rings is 1. The lowest BCUT2D eigenvalue weighted by molar-refractivity contribution is 0.234. The Kier molecular flexibility index (Phi) is 6.22. The van der Waals surface area contributed by atoms with Crippen LogP contribution in [0.5, 0.6) is 0 Å². The molecule has 0 aromatic heterocycles. The van der Waals surface area contributed by atoms with Crippen LogP contribution >= 0.6 is 11.8 Å². The minimum atomic E-state index is -4.55. The second kappa shape index (κ2) is 7.24. The van der Waals surface area contributed by atoms with E-state index in [1.54, 1.807) is 0 Å². The summed E-state index contributed by atoms with van der Waals surface area (Å²) in [5, 5.41) is 12.2. The molecule has 1 rings (SSSR count). The maximum Gasteiger partial charge on any atom is 0.341 e. The highest BCUT2D eigenvalue weighted by atomic mass is 32.2. The molecule has 0 heterocycles. The topological polar surface area (TPSA) is 66.4 Å². The second-order valence-corrected chi connectivity index (χ2v) is 7.21. The van der Waals surface area contributed by atoms with E-state index in [-0.39, 0.29) is 17.9 Å². The minimum absolute atomic E-state index is 0.00712. The molecule has 0 saturated carbocycles. The Morgan fingerprint density at radius 3 is 2.25 bits per heavy atom. The first-order valence-corrected chi connectivity index (χ1v) is 8.68. The molecule has 114 valence electrons. The Balaban J connectivity index is 2.83. The van der Waals surface area contributed by atoms with Crippen LogP contribution in [0.3, 0.4) is 0 Å². The number of aliphatic hydroxyl groups excluding tert-OH is 1. The highest BCUT2D eigenvalue weighted by Gasteiger charge is 2.26. The summed E-state index contributed by atoms with van der Waals surface area (Å²) >= 11 is 1.50. The van der Waals surface area contributed by atoms with E-state index in [1.807, 2.05) is 13.2 Å². The molecule has 2 N–H and O–H groups in total. The Morgan fingerprint density at radius 2 is 1.85 bits per heavy atom. The van der Waals surface area contributed by atoms with E-state index < -0.39 is 20.5 Å². The SMILES string of the molecule is CSC(CO)C(C)Nc1ccc(S(=O)(=O)C(F)F)cc1. The third-order valence-corrected chi connectivity index (χ3v) is 5.41. The fourth-order valence-corrected chi connectivity index (χ4v) is 2.98. The van der Waals surface area contributed by atoms with Crippen molar-refractivity contribution in [1.82, 2.24) is 0 Å². The number of alkyl halides is 2. The zero-order valence-corrected chi connectivity index (χ0v) is 12.7. The molecule has 0 bridgehead atoms. The van der Waals surface area contributed by atoms with Crippen molar-refractivity contribution in [3.8, 4) is 0 Å². The molecular formula is C12H17F2NO3S2. The number of hydrogen-bond donors (Lipinski definition) is 2. The molecule has 0 aliphatic heterocycles. The molecule has 0 saturated heterocycles. The van der Waals surface area contributed by atoms with Crippen LogP contribution in [0.2, 0.25) is 0 Å². The third kappa shape index (κ3) is 4.07. The van der Waals surface area contributed by atoms with E-state index in [1.165, 1.54) is 23.9 Å². The van der Waals surface area contributed by atoms with E-state index in [2.05, 4.69) is 5.32 Å². The van der Waals surface area contributed by atoms with Gasteiger partial charge in [-0.2, -0.15) is 20.5 Å². The van der Waals surface area contributed by atoms with Crippen LogP contribution < -0.4 is 5.32 Å². The molecule has 1 aromatic carbocycles. The predicted octanol–water partition coefficient (Wildman–Crippen LogP) is 2.21. The van der Waals surface area contributed by atoms with Crippen molar-refractivity contribution in [3.05, 3.63) is 24.3 Å². The molecule has 2 atom stereocenters. The second-order valence-electron chi connectivity index (χ2n) is 4.22. The molecule has 8 heteroatoms. The normalized spacial score (nSPS) is 15.1. The van der Waals surface area contributed by atoms with Crippen molar-refractivity contribution in [2.45, 2.75) is 28.9 Å². The smallest absolute Gasteiger partial charge is 0.341 e. The van der Waals surface area contributed by atoms with Crippen LogP contribution in [0.25, 0.3) is 0 Å². The van der Waals surface area contributed by atoms with Gasteiger partial charge < -0.3 is 10.4 Å². The van der Waals surface area contributed by atoms with Gasteiger partial charge in [-0.1, -0.05) is 0 Å². The van der Waals surface area contributed by atoms with E-state index in [0.29, 0.717) is 5.69 Å². The van der Waals surface area contributed by atoms with Crippen LogP contribution in [0.1, 0.15) is 6.92 Å². The number of hydrogen-bond acceptors (Lipinski definition) is 5. The van der Waals surface area contributed by atoms with Crippen molar-refractivity contribution in [3.63, 3.8) is 0 Å². The summed E-state index contributed by atoms with van der Waals surface area (Å²) in [5.74, 6) is -3.42. The van der Waals surface area contributed by atoms with Crippen LogP contribution in [0, 0.1) is 0 Å². The number of nitrogens with one attached hydrogen (secondary N) is 1. The van der Waals surface area contributed by atoms with Gasteiger partial charge in [-0.05, 0) is 37.4 Å². The van der Waals surface area contributed by atoms with Crippen LogP contribution in [-0.2, 0) is 9.84 Å². The number of anilines is 1. The van der Waals surface area contributed by atoms with Crippen LogP contribution in [-0.4, -0.2) is 43.4 Å². The van der Waals surface area contributed by atoms with E-state index >= 15 is 0 Å². The Bertz CT molecular complexity index is 516. The molecule has 0 fully saturated rings. The van der Waals surface area contributed by atoms with Gasteiger partial charge in [0.15, 0.2) is 0 Å². The van der Waals surface area contributed by atoms with E-state index in [9.17, 15) is 17.2 Å². The molecule has 20 heavy (non-hydrogen) atoms. The number of thioether (sulfide) groups is 1. The largest absolute Gasteiger partial charge is 0.395 e. The first-order chi connectivity index (χ1) is 9.32. The van der Waals surface area contributed by atoms with Crippen molar-refractivity contribution in [2.24, 2.45) is 0 Å². The van der Waals surface area contributed by atoms with Crippen LogP contribution in [0.15, 0.2) is 29.2 Å². The quantitative estimate of drug-likeness (QED) is 0.804. The number of sulfone groups is 1. The molecule has 4 nitrogen and oxygen atoms in total. The van der Waals surface area contributed by atoms with Crippen LogP contribution in [0.4, 0.5) is 14.5 Å². The lowest BCUT2D eigenvalue weighted by Crippen LogP contribution is -2.30. The summed E-state index contributed by atoms with van der Waals surface area (Å²) in [4.78, 5) is -0.408. The Hall–Kier alpha value is -0.860. The lowest BCUT2D eigenvalue weighted by atomic mass is 10.2. The van der Waals surface area contributed by atoms with Gasteiger partial charge in [0, 0.05) is 17.0 Å². The first-order valence-electron chi connectivity index (χ1n) is 5.85. The fourth-order valence-electron chi connectivity index (χ4n) is 1.64. The molecule has 0 spiro atoms. The van der Waals surface area contributed by atoms with Crippen molar-refractivity contribution in [1.29, 1.82) is 0 Å². The van der Waals surface area contributed by atoms with Gasteiger partial charge in [-0.25, -0.2) is 8.42 Å². The highest BCUT2D eigenvalue weighted by molar-refractivity contribution is 7.99. The van der Waals surface area contributed by atoms with Crippen molar-refractivity contribution < 1.29 is 22.3 Å². The summed E-state index contributed by atoms with van der Waals surface area (Å²) < 4.78 is 47.3. The molecule has 2 unspecified atom stereocenters. The first kappa shape index (κ1) is 17.2. The van der Waals surface area contributed by atoms with E-state index in [4.69, 9.17) is 5.11 Å². The van der Waals surface area contributed by atoms with Gasteiger partial charge >= 0.3 is 5.76 Å². The van der Waals surface area contributed by atoms with Gasteiger partial charge in [-0.3, -0.25) is 0 Å². The van der Waals surface area contributed by atoms with E-state index in [0.717, 1.165) is 12.1 Å². The summed E-state index contributed by atoms with van der Waals surface area (Å²) in [7, 11) is -4.55. The van der Waals surface area contributed by atoms with Crippen molar-refractivity contribution in [2.75, 3.05) is 18.2 Å². The van der Waals surface area contributed by atoms with Gasteiger partial charge in [-0.15, -0.1) is 0 Å². The summed E-state index contributed by atoms with van der Waals surface area (Å²) in [6, 6.07) is 5.10. The maximum atomic E-state index is 12.4. The number of aliphatic hydroxyl groups is 1. The molecule has 0 aliphatic carbocycles. The molecule has 0 radical (unpaired) electrons. The maximum absolute atomic E-state index is 12.4. The fraction of sp³-hybridized carbons (Fsp3) is 0.500. The molecule has 1 aromatic rings. The standard InChI is InChI=1S/C12H17F2NO3S2/c1-8(11(7-16)19-2)15-9-3-5-10(6-4-9)20(17,18)12(13)14/h3-6,8,11-12,15-16H,7H2,1-2H3. The zero-order valence-electron chi connectivity index (χ0n) is 11.1. The summed E-state index contributed by atoms with van der Waals surface area (Å²) in [5.41, 5.74) is 0.609. The number of rotatable bonds is 7. The van der Waals surface area contributed by atoms with Crippen molar-refractivity contribution >= 4 is 27.3 Å². The Morgan fingerprint density at radius 1 is 1.30 bits per heavy atom. The summed E-state index contributed by atoms with van der Waals surface area (Å²) in [6.45, 7) is 1.88.